The molecular weight excluding hydrogens is 256 g/mol. The molecule has 1 heterocycles. The third-order valence-corrected chi connectivity index (χ3v) is 3.92. The standard InChI is InChI=1S/C19H15N2/c1-3-9-15(10-4-1)19(16-11-5-2-6-12-16)20-17-13-7-8-14-18(17)21-19/h1-7,9-14,20-21H. The van der Waals surface area contributed by atoms with Gasteiger partial charge < -0.3 is 10.6 Å². The summed E-state index contributed by atoms with van der Waals surface area (Å²) < 4.78 is 0. The van der Waals surface area contributed by atoms with Crippen molar-refractivity contribution in [3.63, 3.8) is 0 Å². The van der Waals surface area contributed by atoms with Gasteiger partial charge >= 0.3 is 0 Å². The minimum Gasteiger partial charge on any atom is -0.354 e. The maximum absolute atomic E-state index is 3.65. The molecule has 2 nitrogen and oxygen atoms in total. The second-order valence-electron chi connectivity index (χ2n) is 5.20. The van der Waals surface area contributed by atoms with Crippen molar-refractivity contribution in [3.05, 3.63) is 96.1 Å². The van der Waals surface area contributed by atoms with Crippen LogP contribution >= 0.6 is 0 Å². The first-order valence-corrected chi connectivity index (χ1v) is 7.06. The van der Waals surface area contributed by atoms with Crippen molar-refractivity contribution in [2.45, 2.75) is 5.66 Å². The Morgan fingerprint density at radius 1 is 0.667 bits per heavy atom. The van der Waals surface area contributed by atoms with E-state index in [0.29, 0.717) is 0 Å². The van der Waals surface area contributed by atoms with Crippen LogP contribution in [0.1, 0.15) is 11.1 Å². The minimum absolute atomic E-state index is 0.431. The third-order valence-electron chi connectivity index (χ3n) is 3.92. The molecule has 0 unspecified atom stereocenters. The summed E-state index contributed by atoms with van der Waals surface area (Å²) in [5.41, 5.74) is 4.12. The highest BCUT2D eigenvalue weighted by Gasteiger charge is 2.39. The van der Waals surface area contributed by atoms with E-state index in [4.69, 9.17) is 0 Å². The van der Waals surface area contributed by atoms with Crippen LogP contribution in [0, 0.1) is 6.07 Å². The number of hydrogen-bond donors (Lipinski definition) is 2. The van der Waals surface area contributed by atoms with Gasteiger partial charge in [-0.1, -0.05) is 66.7 Å². The van der Waals surface area contributed by atoms with Gasteiger partial charge in [-0.05, 0) is 18.2 Å². The molecule has 1 aliphatic rings. The average Bonchev–Trinajstić information content (AvgIpc) is 2.97. The first kappa shape index (κ1) is 12.0. The van der Waals surface area contributed by atoms with Crippen molar-refractivity contribution in [1.82, 2.24) is 0 Å². The van der Waals surface area contributed by atoms with E-state index in [2.05, 4.69) is 71.3 Å². The maximum Gasteiger partial charge on any atom is 0.161 e. The SMILES string of the molecule is [c]1ccc2c(c1)NC(c1ccccc1)(c1ccccc1)N2. The Hall–Kier alpha value is -2.74. The molecule has 0 saturated heterocycles. The lowest BCUT2D eigenvalue weighted by Gasteiger charge is -2.32. The zero-order valence-corrected chi connectivity index (χ0v) is 11.5. The van der Waals surface area contributed by atoms with Gasteiger partial charge in [-0.15, -0.1) is 0 Å². The van der Waals surface area contributed by atoms with Crippen molar-refractivity contribution in [1.29, 1.82) is 0 Å². The topological polar surface area (TPSA) is 24.1 Å². The van der Waals surface area contributed by atoms with Crippen LogP contribution in [0.3, 0.4) is 0 Å². The largest absolute Gasteiger partial charge is 0.354 e. The molecule has 0 fully saturated rings. The first-order chi connectivity index (χ1) is 10.4. The van der Waals surface area contributed by atoms with Crippen LogP contribution in [0.15, 0.2) is 78.9 Å². The summed E-state index contributed by atoms with van der Waals surface area (Å²) in [7, 11) is 0. The molecule has 1 aliphatic heterocycles. The molecule has 0 aliphatic carbocycles. The van der Waals surface area contributed by atoms with Crippen LogP contribution in [0.5, 0.6) is 0 Å². The number of rotatable bonds is 2. The molecule has 0 bridgehead atoms. The Kier molecular flexibility index (Phi) is 2.68. The van der Waals surface area contributed by atoms with E-state index < -0.39 is 5.66 Å². The highest BCUT2D eigenvalue weighted by molar-refractivity contribution is 5.79. The minimum atomic E-state index is -0.431. The van der Waals surface area contributed by atoms with Crippen LogP contribution in [0.2, 0.25) is 0 Å². The van der Waals surface area contributed by atoms with Crippen molar-refractivity contribution in [2.24, 2.45) is 0 Å². The maximum atomic E-state index is 3.65. The van der Waals surface area contributed by atoms with Crippen LogP contribution in [0.4, 0.5) is 11.4 Å². The predicted molar refractivity (Wildman–Crippen MR) is 86.2 cm³/mol. The Morgan fingerprint density at radius 2 is 1.24 bits per heavy atom. The van der Waals surface area contributed by atoms with Gasteiger partial charge in [0.2, 0.25) is 0 Å². The van der Waals surface area contributed by atoms with Gasteiger partial charge in [0.05, 0.1) is 11.4 Å². The van der Waals surface area contributed by atoms with E-state index in [1.165, 1.54) is 11.1 Å². The molecule has 0 spiro atoms. The Labute approximate surface area is 124 Å². The Morgan fingerprint density at radius 3 is 1.81 bits per heavy atom. The molecule has 4 rings (SSSR count). The second-order valence-corrected chi connectivity index (χ2v) is 5.20. The van der Waals surface area contributed by atoms with Crippen molar-refractivity contribution in [2.75, 3.05) is 10.6 Å². The fraction of sp³-hybridized carbons (Fsp3) is 0.0526. The Bertz CT molecular complexity index is 684. The summed E-state index contributed by atoms with van der Waals surface area (Å²) in [5.74, 6) is 0. The first-order valence-electron chi connectivity index (χ1n) is 7.06. The van der Waals surface area contributed by atoms with E-state index in [1.807, 2.05) is 24.3 Å². The fourth-order valence-corrected chi connectivity index (χ4v) is 2.91. The number of fused-ring (bicyclic) bond motifs is 1. The smallest absolute Gasteiger partial charge is 0.161 e. The molecule has 1 radical (unpaired) electrons. The van der Waals surface area contributed by atoms with E-state index in [9.17, 15) is 0 Å². The number of anilines is 2. The van der Waals surface area contributed by atoms with Gasteiger partial charge in [0.15, 0.2) is 5.66 Å². The molecular formula is C19H15N2. The van der Waals surface area contributed by atoms with Crippen molar-refractivity contribution in [3.8, 4) is 0 Å². The highest BCUT2D eigenvalue weighted by atomic mass is 15.3. The quantitative estimate of drug-likeness (QED) is 0.729. The van der Waals surface area contributed by atoms with Gasteiger partial charge in [-0.3, -0.25) is 0 Å². The van der Waals surface area contributed by atoms with Crippen molar-refractivity contribution >= 4 is 11.4 Å². The lowest BCUT2D eigenvalue weighted by molar-refractivity contribution is 0.704. The molecule has 3 aromatic carbocycles. The molecule has 0 atom stereocenters. The average molecular weight is 271 g/mol. The molecule has 2 heteroatoms. The summed E-state index contributed by atoms with van der Waals surface area (Å²) >= 11 is 0. The predicted octanol–water partition coefficient (Wildman–Crippen LogP) is 4.23. The number of hydrogen-bond acceptors (Lipinski definition) is 2. The Balaban J connectivity index is 1.90. The summed E-state index contributed by atoms with van der Waals surface area (Å²) in [4.78, 5) is 0. The van der Waals surface area contributed by atoms with Gasteiger partial charge in [-0.2, -0.15) is 0 Å². The monoisotopic (exact) mass is 271 g/mol. The van der Waals surface area contributed by atoms with Gasteiger partial charge in [0.25, 0.3) is 0 Å². The van der Waals surface area contributed by atoms with Crippen LogP contribution in [-0.2, 0) is 5.66 Å². The summed E-state index contributed by atoms with van der Waals surface area (Å²) in [6.07, 6.45) is 0. The van der Waals surface area contributed by atoms with E-state index >= 15 is 0 Å². The fourth-order valence-electron chi connectivity index (χ4n) is 2.91. The van der Waals surface area contributed by atoms with Crippen LogP contribution in [-0.4, -0.2) is 0 Å². The summed E-state index contributed by atoms with van der Waals surface area (Å²) in [6.45, 7) is 0. The van der Waals surface area contributed by atoms with E-state index in [-0.39, 0.29) is 0 Å². The zero-order valence-electron chi connectivity index (χ0n) is 11.5. The number of nitrogens with one attached hydrogen (secondary N) is 2. The molecule has 3 aromatic rings. The lowest BCUT2D eigenvalue weighted by atomic mass is 9.92. The molecule has 0 amide bonds. The zero-order chi connectivity index (χ0) is 14.1. The van der Waals surface area contributed by atoms with Gasteiger partial charge in [0, 0.05) is 11.1 Å². The van der Waals surface area contributed by atoms with Crippen LogP contribution in [0.25, 0.3) is 0 Å². The second kappa shape index (κ2) is 4.67. The highest BCUT2D eigenvalue weighted by Crippen LogP contribution is 2.42. The molecule has 21 heavy (non-hydrogen) atoms. The third kappa shape index (κ3) is 1.88. The molecule has 0 aromatic heterocycles. The van der Waals surface area contributed by atoms with Crippen molar-refractivity contribution < 1.29 is 0 Å². The summed E-state index contributed by atoms with van der Waals surface area (Å²) in [6, 6.07) is 30.0. The van der Waals surface area contributed by atoms with Gasteiger partial charge in [0.1, 0.15) is 0 Å². The van der Waals surface area contributed by atoms with Crippen LogP contribution < -0.4 is 10.6 Å². The number of benzene rings is 3. The lowest BCUT2D eigenvalue weighted by Crippen LogP contribution is -2.39. The normalized spacial score (nSPS) is 14.9. The van der Waals surface area contributed by atoms with E-state index in [1.54, 1.807) is 0 Å². The van der Waals surface area contributed by atoms with E-state index in [0.717, 1.165) is 11.4 Å². The summed E-state index contributed by atoms with van der Waals surface area (Å²) in [5, 5.41) is 7.29. The molecule has 2 N–H and O–H groups in total. The molecule has 0 saturated carbocycles. The van der Waals surface area contributed by atoms with Gasteiger partial charge in [-0.25, -0.2) is 0 Å². The molecule has 101 valence electrons.